The third-order valence-electron chi connectivity index (χ3n) is 3.96. The smallest absolute Gasteiger partial charge is 0.335 e. The van der Waals surface area contributed by atoms with Crippen molar-refractivity contribution in [3.05, 3.63) is 73.7 Å². The maximum atomic E-state index is 14.7. The molecule has 2 aromatic rings. The summed E-state index contributed by atoms with van der Waals surface area (Å²) in [6.45, 7) is 2.14. The number of halogens is 6. The minimum atomic E-state index is -3.33. The van der Waals surface area contributed by atoms with E-state index in [-0.39, 0.29) is 31.8 Å². The van der Waals surface area contributed by atoms with E-state index >= 15 is 0 Å². The molecule has 27 heavy (non-hydrogen) atoms. The number of benzene rings is 2. The Labute approximate surface area is 169 Å². The zero-order valence-corrected chi connectivity index (χ0v) is 16.4. The molecule has 1 N–H and O–H groups in total. The van der Waals surface area contributed by atoms with Crippen LogP contribution in [0.5, 0.6) is 0 Å². The van der Waals surface area contributed by atoms with Crippen LogP contribution in [-0.2, 0) is 0 Å². The first-order valence-corrected chi connectivity index (χ1v) is 8.79. The minimum Gasteiger partial charge on any atom is -0.478 e. The van der Waals surface area contributed by atoms with E-state index in [9.17, 15) is 18.0 Å². The number of aromatic carboxylic acids is 1. The summed E-state index contributed by atoms with van der Waals surface area (Å²) in [6, 6.07) is 6.13. The van der Waals surface area contributed by atoms with E-state index in [2.05, 4.69) is 0 Å². The summed E-state index contributed by atoms with van der Waals surface area (Å²) in [5, 5.41) is 9.00. The van der Waals surface area contributed by atoms with Crippen molar-refractivity contribution in [2.75, 3.05) is 0 Å². The molecule has 0 aromatic heterocycles. The molecule has 1 atom stereocenters. The minimum absolute atomic E-state index is 0.000172. The first kappa shape index (κ1) is 21.6. The van der Waals surface area contributed by atoms with Gasteiger partial charge in [-0.1, -0.05) is 40.9 Å². The zero-order chi connectivity index (χ0) is 20.5. The van der Waals surface area contributed by atoms with Gasteiger partial charge in [-0.15, -0.1) is 0 Å². The summed E-state index contributed by atoms with van der Waals surface area (Å²) in [7, 11) is 0. The molecule has 2 aromatic carbocycles. The third kappa shape index (κ3) is 4.98. The Morgan fingerprint density at radius 2 is 1.70 bits per heavy atom. The SMILES string of the molecule is Cc1cc(C(F)=CC(c2cc(Cl)c(Cl)c(Cl)c2)C(C)(F)F)ccc1C(=O)O. The number of hydrogen-bond acceptors (Lipinski definition) is 1. The van der Waals surface area contributed by atoms with Crippen LogP contribution >= 0.6 is 34.8 Å². The first-order chi connectivity index (χ1) is 12.4. The molecule has 0 fully saturated rings. The van der Waals surface area contributed by atoms with Crippen LogP contribution in [0.1, 0.15) is 39.9 Å². The number of carboxylic acids is 1. The molecule has 2 nitrogen and oxygen atoms in total. The molecule has 0 aliphatic rings. The van der Waals surface area contributed by atoms with Gasteiger partial charge in [0.2, 0.25) is 0 Å². The predicted octanol–water partition coefficient (Wildman–Crippen LogP) is 7.40. The monoisotopic (exact) mass is 436 g/mol. The summed E-state index contributed by atoms with van der Waals surface area (Å²) in [5.74, 6) is -7.08. The Kier molecular flexibility index (Phi) is 6.51. The van der Waals surface area contributed by atoms with E-state index in [1.54, 1.807) is 0 Å². The van der Waals surface area contributed by atoms with Gasteiger partial charge in [-0.3, -0.25) is 0 Å². The predicted molar refractivity (Wildman–Crippen MR) is 102 cm³/mol. The molecule has 8 heteroatoms. The normalized spacial score (nSPS) is 13.6. The maximum Gasteiger partial charge on any atom is 0.335 e. The summed E-state index contributed by atoms with van der Waals surface area (Å²) < 4.78 is 43.0. The van der Waals surface area contributed by atoms with Gasteiger partial charge in [-0.25, -0.2) is 18.0 Å². The average Bonchev–Trinajstić information content (AvgIpc) is 2.55. The summed E-state index contributed by atoms with van der Waals surface area (Å²) in [5.41, 5.74) is 0.287. The van der Waals surface area contributed by atoms with Crippen molar-refractivity contribution in [2.45, 2.75) is 25.7 Å². The number of allylic oxidation sites excluding steroid dienone is 1. The van der Waals surface area contributed by atoms with Crippen LogP contribution in [0.4, 0.5) is 13.2 Å². The van der Waals surface area contributed by atoms with Crippen molar-refractivity contribution in [3.63, 3.8) is 0 Å². The summed E-state index contributed by atoms with van der Waals surface area (Å²) in [4.78, 5) is 11.0. The average molecular weight is 438 g/mol. The van der Waals surface area contributed by atoms with E-state index in [4.69, 9.17) is 39.9 Å². The van der Waals surface area contributed by atoms with Crippen LogP contribution in [0.3, 0.4) is 0 Å². The number of hydrogen-bond donors (Lipinski definition) is 1. The van der Waals surface area contributed by atoms with Crippen molar-refractivity contribution >= 4 is 46.6 Å². The van der Waals surface area contributed by atoms with Gasteiger partial charge in [0.15, 0.2) is 0 Å². The van der Waals surface area contributed by atoms with Crippen LogP contribution in [0.2, 0.25) is 15.1 Å². The fourth-order valence-electron chi connectivity index (χ4n) is 2.58. The van der Waals surface area contributed by atoms with E-state index in [1.807, 2.05) is 0 Å². The van der Waals surface area contributed by atoms with Crippen molar-refractivity contribution in [3.8, 4) is 0 Å². The van der Waals surface area contributed by atoms with Gasteiger partial charge in [0.05, 0.1) is 26.5 Å². The Balaban J connectivity index is 2.53. The van der Waals surface area contributed by atoms with Crippen LogP contribution in [-0.4, -0.2) is 17.0 Å². The fraction of sp³-hybridized carbons (Fsp3) is 0.211. The second-order valence-corrected chi connectivity index (χ2v) is 7.27. The molecule has 0 aliphatic heterocycles. The Bertz CT molecular complexity index is 898. The molecular formula is C19H14Cl3F3O2. The van der Waals surface area contributed by atoms with E-state index in [0.717, 1.165) is 6.08 Å². The van der Waals surface area contributed by atoms with Crippen molar-refractivity contribution < 1.29 is 23.1 Å². The molecule has 0 amide bonds. The second-order valence-electron chi connectivity index (χ2n) is 6.08. The van der Waals surface area contributed by atoms with Crippen molar-refractivity contribution in [1.82, 2.24) is 0 Å². The number of carbonyl (C=O) groups is 1. The molecule has 2 rings (SSSR count). The molecule has 0 saturated carbocycles. The fourth-order valence-corrected chi connectivity index (χ4v) is 3.20. The molecule has 0 aliphatic carbocycles. The Hall–Kier alpha value is -1.69. The van der Waals surface area contributed by atoms with E-state index in [1.165, 1.54) is 37.3 Å². The van der Waals surface area contributed by atoms with E-state index in [0.29, 0.717) is 12.5 Å². The van der Waals surface area contributed by atoms with Crippen LogP contribution < -0.4 is 0 Å². The molecule has 144 valence electrons. The molecule has 1 unspecified atom stereocenters. The lowest BCUT2D eigenvalue weighted by Gasteiger charge is -2.22. The highest BCUT2D eigenvalue weighted by Gasteiger charge is 2.35. The van der Waals surface area contributed by atoms with Gasteiger partial charge in [-0.05, 0) is 48.4 Å². The Morgan fingerprint density at radius 3 is 2.15 bits per heavy atom. The number of carboxylic acid groups (broad SMARTS) is 1. The van der Waals surface area contributed by atoms with Crippen LogP contribution in [0.25, 0.3) is 5.83 Å². The lowest BCUT2D eigenvalue weighted by molar-refractivity contribution is 0.00668. The molecule has 0 bridgehead atoms. The van der Waals surface area contributed by atoms with Gasteiger partial charge >= 0.3 is 5.97 Å². The molecular weight excluding hydrogens is 424 g/mol. The maximum absolute atomic E-state index is 14.7. The molecule has 0 saturated heterocycles. The summed E-state index contributed by atoms with van der Waals surface area (Å²) in [6.07, 6.45) is 0.755. The van der Waals surface area contributed by atoms with Gasteiger partial charge < -0.3 is 5.11 Å². The molecule has 0 radical (unpaired) electrons. The third-order valence-corrected chi connectivity index (χ3v) is 5.15. The number of aryl methyl sites for hydroxylation is 1. The second kappa shape index (κ2) is 8.13. The summed E-state index contributed by atoms with van der Waals surface area (Å²) >= 11 is 17.6. The van der Waals surface area contributed by atoms with Gasteiger partial charge in [0.25, 0.3) is 5.92 Å². The van der Waals surface area contributed by atoms with Crippen LogP contribution in [0, 0.1) is 6.92 Å². The van der Waals surface area contributed by atoms with Crippen molar-refractivity contribution in [2.24, 2.45) is 0 Å². The lowest BCUT2D eigenvalue weighted by Crippen LogP contribution is -2.21. The van der Waals surface area contributed by atoms with Crippen molar-refractivity contribution in [1.29, 1.82) is 0 Å². The lowest BCUT2D eigenvalue weighted by atomic mass is 9.91. The standard InChI is InChI=1S/C19H14Cl3F3O2/c1-9-5-10(3-4-12(9)18(26)27)16(23)8-13(19(2,24)25)11-6-14(20)17(22)15(21)7-11/h3-8,13H,1-2H3,(H,26,27). The van der Waals surface area contributed by atoms with Gasteiger partial charge in [-0.2, -0.15) is 0 Å². The number of rotatable bonds is 5. The Morgan fingerprint density at radius 1 is 1.15 bits per heavy atom. The zero-order valence-electron chi connectivity index (χ0n) is 14.2. The largest absolute Gasteiger partial charge is 0.478 e. The highest BCUT2D eigenvalue weighted by molar-refractivity contribution is 6.48. The molecule has 0 heterocycles. The van der Waals surface area contributed by atoms with Crippen LogP contribution in [0.15, 0.2) is 36.4 Å². The highest BCUT2D eigenvalue weighted by atomic mass is 35.5. The van der Waals surface area contributed by atoms with Gasteiger partial charge in [0.1, 0.15) is 5.83 Å². The van der Waals surface area contributed by atoms with E-state index < -0.39 is 23.6 Å². The quantitative estimate of drug-likeness (QED) is 0.495. The topological polar surface area (TPSA) is 37.3 Å². The first-order valence-electron chi connectivity index (χ1n) is 7.65. The van der Waals surface area contributed by atoms with Gasteiger partial charge in [0, 0.05) is 12.5 Å². The molecule has 0 spiro atoms. The highest BCUT2D eigenvalue weighted by Crippen LogP contribution is 2.41. The number of alkyl halides is 2.